The fourth-order valence-electron chi connectivity index (χ4n) is 3.08. The Bertz CT molecular complexity index is 1150. The van der Waals surface area contributed by atoms with Gasteiger partial charge in [0.2, 0.25) is 5.78 Å². The van der Waals surface area contributed by atoms with Gasteiger partial charge >= 0.3 is 0 Å². The van der Waals surface area contributed by atoms with Crippen LogP contribution in [0.5, 0.6) is 5.75 Å². The summed E-state index contributed by atoms with van der Waals surface area (Å²) < 4.78 is 20.6. The number of ether oxygens (including phenoxy) is 1. The van der Waals surface area contributed by atoms with Crippen molar-refractivity contribution in [2.45, 2.75) is 0 Å². The fraction of sp³-hybridized carbons (Fsp3) is 0.0435. The topological polar surface area (TPSA) is 44.1 Å². The molecule has 138 valence electrons. The number of para-hydroxylation sites is 1. The zero-order valence-corrected chi connectivity index (χ0v) is 15.2. The van der Waals surface area contributed by atoms with E-state index in [0.717, 1.165) is 22.6 Å². The van der Waals surface area contributed by atoms with Crippen LogP contribution in [0.4, 0.5) is 4.39 Å². The van der Waals surface area contributed by atoms with Gasteiger partial charge in [-0.1, -0.05) is 42.5 Å². The van der Waals surface area contributed by atoms with E-state index in [1.165, 1.54) is 18.2 Å². The molecule has 1 aromatic heterocycles. The maximum atomic E-state index is 13.4. The standard InChI is InChI=1S/C23H17FN2O2/c1-28-22-11-3-2-10-20(22)16-6-5-9-19(13-16)26-14-21(25-15-26)23(27)17-7-4-8-18(24)12-17/h2-15H,1H3. The number of hydrogen-bond acceptors (Lipinski definition) is 3. The summed E-state index contributed by atoms with van der Waals surface area (Å²) in [4.78, 5) is 16.8. The van der Waals surface area contributed by atoms with Gasteiger partial charge in [0.25, 0.3) is 0 Å². The van der Waals surface area contributed by atoms with E-state index in [1.807, 2.05) is 48.5 Å². The third kappa shape index (κ3) is 3.42. The van der Waals surface area contributed by atoms with Crippen molar-refractivity contribution in [1.82, 2.24) is 9.55 Å². The first-order valence-electron chi connectivity index (χ1n) is 8.74. The van der Waals surface area contributed by atoms with E-state index in [-0.39, 0.29) is 17.0 Å². The lowest BCUT2D eigenvalue weighted by Crippen LogP contribution is -2.02. The largest absolute Gasteiger partial charge is 0.496 e. The number of aromatic nitrogens is 2. The maximum Gasteiger partial charge on any atom is 0.213 e. The normalized spacial score (nSPS) is 10.6. The number of rotatable bonds is 5. The van der Waals surface area contributed by atoms with E-state index in [9.17, 15) is 9.18 Å². The van der Waals surface area contributed by atoms with E-state index < -0.39 is 5.82 Å². The first-order chi connectivity index (χ1) is 13.7. The summed E-state index contributed by atoms with van der Waals surface area (Å²) in [6, 6.07) is 21.2. The highest BCUT2D eigenvalue weighted by atomic mass is 19.1. The quantitative estimate of drug-likeness (QED) is 0.467. The Morgan fingerprint density at radius 2 is 1.82 bits per heavy atom. The zero-order chi connectivity index (χ0) is 19.5. The maximum absolute atomic E-state index is 13.4. The average molecular weight is 372 g/mol. The molecule has 0 saturated carbocycles. The Labute approximate surface area is 161 Å². The number of methoxy groups -OCH3 is 1. The zero-order valence-electron chi connectivity index (χ0n) is 15.2. The van der Waals surface area contributed by atoms with Crippen molar-refractivity contribution in [2.24, 2.45) is 0 Å². The van der Waals surface area contributed by atoms with Crippen molar-refractivity contribution in [3.63, 3.8) is 0 Å². The molecule has 0 unspecified atom stereocenters. The fourth-order valence-corrected chi connectivity index (χ4v) is 3.08. The Balaban J connectivity index is 1.67. The number of nitrogens with zero attached hydrogens (tertiary/aromatic N) is 2. The summed E-state index contributed by atoms with van der Waals surface area (Å²) in [6.07, 6.45) is 3.22. The number of halogens is 1. The van der Waals surface area contributed by atoms with E-state index >= 15 is 0 Å². The Kier molecular flexibility index (Phi) is 4.72. The number of carbonyl (C=O) groups is 1. The second kappa shape index (κ2) is 7.48. The molecular weight excluding hydrogens is 355 g/mol. The lowest BCUT2D eigenvalue weighted by Gasteiger charge is -2.10. The van der Waals surface area contributed by atoms with Crippen LogP contribution < -0.4 is 4.74 Å². The van der Waals surface area contributed by atoms with Gasteiger partial charge in [-0.15, -0.1) is 0 Å². The predicted molar refractivity (Wildman–Crippen MR) is 105 cm³/mol. The van der Waals surface area contributed by atoms with E-state index in [4.69, 9.17) is 4.74 Å². The van der Waals surface area contributed by atoms with Crippen molar-refractivity contribution in [1.29, 1.82) is 0 Å². The van der Waals surface area contributed by atoms with Gasteiger partial charge in [-0.05, 0) is 35.9 Å². The number of hydrogen-bond donors (Lipinski definition) is 0. The molecule has 0 radical (unpaired) electrons. The number of ketones is 1. The molecular formula is C23H17FN2O2. The lowest BCUT2D eigenvalue weighted by molar-refractivity contribution is 0.103. The Hall–Kier alpha value is -3.73. The van der Waals surface area contributed by atoms with E-state index in [2.05, 4.69) is 4.98 Å². The highest BCUT2D eigenvalue weighted by molar-refractivity contribution is 6.07. The smallest absolute Gasteiger partial charge is 0.213 e. The third-order valence-electron chi connectivity index (χ3n) is 4.46. The van der Waals surface area contributed by atoms with Gasteiger partial charge in [0.05, 0.1) is 7.11 Å². The van der Waals surface area contributed by atoms with Gasteiger partial charge in [0, 0.05) is 23.0 Å². The summed E-state index contributed by atoms with van der Waals surface area (Å²) in [5, 5.41) is 0. The average Bonchev–Trinajstić information content (AvgIpc) is 3.23. The molecule has 0 aliphatic carbocycles. The molecule has 0 spiro atoms. The van der Waals surface area contributed by atoms with Crippen LogP contribution in [0.15, 0.2) is 85.3 Å². The van der Waals surface area contributed by atoms with Crippen LogP contribution in [0.3, 0.4) is 0 Å². The molecule has 0 aliphatic heterocycles. The molecule has 0 amide bonds. The van der Waals surface area contributed by atoms with Gasteiger partial charge in [-0.25, -0.2) is 9.37 Å². The summed E-state index contributed by atoms with van der Waals surface area (Å²) in [7, 11) is 1.64. The van der Waals surface area contributed by atoms with Crippen molar-refractivity contribution < 1.29 is 13.9 Å². The molecule has 0 atom stereocenters. The van der Waals surface area contributed by atoms with Crippen molar-refractivity contribution >= 4 is 5.78 Å². The lowest BCUT2D eigenvalue weighted by atomic mass is 10.0. The molecule has 3 aromatic carbocycles. The first kappa shape index (κ1) is 17.7. The molecule has 4 rings (SSSR count). The first-order valence-corrected chi connectivity index (χ1v) is 8.74. The number of carbonyl (C=O) groups excluding carboxylic acids is 1. The SMILES string of the molecule is COc1ccccc1-c1cccc(-n2cnc(C(=O)c3cccc(F)c3)c2)c1. The molecule has 0 fully saturated rings. The third-order valence-corrected chi connectivity index (χ3v) is 4.46. The van der Waals surface area contributed by atoms with Gasteiger partial charge in [-0.2, -0.15) is 0 Å². The van der Waals surface area contributed by atoms with Crippen molar-refractivity contribution in [3.8, 4) is 22.6 Å². The van der Waals surface area contributed by atoms with Crippen LogP contribution in [-0.2, 0) is 0 Å². The predicted octanol–water partition coefficient (Wildman–Crippen LogP) is 4.92. The number of imidazole rings is 1. The van der Waals surface area contributed by atoms with Crippen LogP contribution >= 0.6 is 0 Å². The molecule has 28 heavy (non-hydrogen) atoms. The molecule has 0 saturated heterocycles. The van der Waals surface area contributed by atoms with Crippen molar-refractivity contribution in [2.75, 3.05) is 7.11 Å². The second-order valence-electron chi connectivity index (χ2n) is 6.26. The molecule has 4 nitrogen and oxygen atoms in total. The summed E-state index contributed by atoms with van der Waals surface area (Å²) in [5.41, 5.74) is 3.35. The molecule has 0 bridgehead atoms. The summed E-state index contributed by atoms with van der Waals surface area (Å²) >= 11 is 0. The van der Waals surface area contributed by atoms with Crippen LogP contribution in [-0.4, -0.2) is 22.4 Å². The van der Waals surface area contributed by atoms with Gasteiger partial charge in [0.15, 0.2) is 0 Å². The molecule has 0 N–H and O–H groups in total. The Morgan fingerprint density at radius 3 is 2.64 bits per heavy atom. The second-order valence-corrected chi connectivity index (χ2v) is 6.26. The summed E-state index contributed by atoms with van der Waals surface area (Å²) in [6.45, 7) is 0. The van der Waals surface area contributed by atoms with Crippen LogP contribution in [0, 0.1) is 5.82 Å². The van der Waals surface area contributed by atoms with E-state index in [1.54, 1.807) is 30.3 Å². The molecule has 0 aliphatic rings. The highest BCUT2D eigenvalue weighted by Crippen LogP contribution is 2.30. The van der Waals surface area contributed by atoms with Crippen LogP contribution in [0.25, 0.3) is 16.8 Å². The van der Waals surface area contributed by atoms with Gasteiger partial charge in [-0.3, -0.25) is 4.79 Å². The molecule has 4 aromatic rings. The minimum absolute atomic E-state index is 0.258. The van der Waals surface area contributed by atoms with Crippen LogP contribution in [0.1, 0.15) is 16.1 Å². The van der Waals surface area contributed by atoms with E-state index in [0.29, 0.717) is 0 Å². The molecule has 5 heteroatoms. The highest BCUT2D eigenvalue weighted by Gasteiger charge is 2.14. The minimum Gasteiger partial charge on any atom is -0.496 e. The van der Waals surface area contributed by atoms with Crippen LogP contribution in [0.2, 0.25) is 0 Å². The van der Waals surface area contributed by atoms with Crippen molar-refractivity contribution in [3.05, 3.63) is 102 Å². The minimum atomic E-state index is -0.449. The van der Waals surface area contributed by atoms with Gasteiger partial charge < -0.3 is 9.30 Å². The summed E-state index contributed by atoms with van der Waals surface area (Å²) in [5.74, 6) is 0.0150. The number of benzene rings is 3. The van der Waals surface area contributed by atoms with Gasteiger partial charge in [0.1, 0.15) is 23.6 Å². The monoisotopic (exact) mass is 372 g/mol. The Morgan fingerprint density at radius 1 is 1.00 bits per heavy atom. The molecule has 1 heterocycles.